The zero-order chi connectivity index (χ0) is 11.2. The van der Waals surface area contributed by atoms with Gasteiger partial charge < -0.3 is 31.1 Å². The smallest absolute Gasteiger partial charge is 0.358 e. The fourth-order valence-electron chi connectivity index (χ4n) is 2.64. The van der Waals surface area contributed by atoms with Crippen LogP contribution < -0.4 is 51.4 Å². The molecule has 0 unspecified atom stereocenters. The van der Waals surface area contributed by atoms with Crippen molar-refractivity contribution in [2.45, 2.75) is 19.8 Å². The monoisotopic (exact) mass is 293 g/mol. The molecule has 2 fully saturated rings. The number of piperazine rings is 1. The van der Waals surface area contributed by atoms with E-state index in [0.717, 1.165) is 0 Å². The number of hydrogen-bond acceptors (Lipinski definition) is 3. The number of likely N-dealkylation sites (N-methyl/N-ethyl adjacent to an activating group) is 1. The third-order valence-electron chi connectivity index (χ3n) is 3.94. The molecule has 0 radical (unpaired) electrons. The van der Waals surface area contributed by atoms with Crippen molar-refractivity contribution in [3.05, 3.63) is 21.3 Å². The largest absolute Gasteiger partial charge is 1.00 e. The van der Waals surface area contributed by atoms with Gasteiger partial charge in [0.25, 0.3) is 0 Å². The van der Waals surface area contributed by atoms with E-state index in [-0.39, 0.29) is 66.2 Å². The van der Waals surface area contributed by atoms with Crippen molar-refractivity contribution in [2.24, 2.45) is 0 Å². The van der Waals surface area contributed by atoms with Crippen molar-refractivity contribution >= 4 is 0 Å². The van der Waals surface area contributed by atoms with Gasteiger partial charge in [0.1, 0.15) is 0 Å². The maximum Gasteiger partial charge on any atom is 1.00 e. The standard InChI is InChI=1S/C13H26N3.2CH3.K/c1-2-14-8-10-16(11-9-14)13-12-15-6-4-3-5-7-15;;;/h3H,2,4-13H2,1H3;2*1H3;/q3*-1;+1. The molecule has 0 atom stereocenters. The Hall–Kier alpha value is 1.52. The van der Waals surface area contributed by atoms with E-state index >= 15 is 0 Å². The molecule has 2 aliphatic rings. The van der Waals surface area contributed by atoms with E-state index < -0.39 is 0 Å². The third kappa shape index (κ3) is 8.52. The van der Waals surface area contributed by atoms with E-state index in [1.54, 1.807) is 0 Å². The van der Waals surface area contributed by atoms with Gasteiger partial charge in [-0.2, -0.15) is 12.8 Å². The average Bonchev–Trinajstić information content (AvgIpc) is 2.38. The van der Waals surface area contributed by atoms with Gasteiger partial charge in [-0.05, 0) is 19.6 Å². The first kappa shape index (κ1) is 22.8. The van der Waals surface area contributed by atoms with Crippen molar-refractivity contribution < 1.29 is 51.4 Å². The van der Waals surface area contributed by atoms with E-state index in [0.29, 0.717) is 0 Å². The predicted molar refractivity (Wildman–Crippen MR) is 81.4 cm³/mol. The molecule has 0 N–H and O–H groups in total. The van der Waals surface area contributed by atoms with Crippen molar-refractivity contribution in [3.8, 4) is 0 Å². The van der Waals surface area contributed by atoms with Crippen molar-refractivity contribution in [2.75, 3.05) is 58.9 Å². The average molecular weight is 294 g/mol. The van der Waals surface area contributed by atoms with E-state index in [2.05, 4.69) is 28.0 Å². The maximum absolute atomic E-state index is 2.63. The molecule has 19 heavy (non-hydrogen) atoms. The maximum atomic E-state index is 2.63. The molecule has 4 heteroatoms. The second kappa shape index (κ2) is 13.2. The molecular formula is C15H32KN3-2. The summed E-state index contributed by atoms with van der Waals surface area (Å²) >= 11 is 0. The van der Waals surface area contributed by atoms with E-state index in [9.17, 15) is 0 Å². The molecule has 0 aromatic rings. The number of nitrogens with zero attached hydrogens (tertiary/aromatic N) is 3. The van der Waals surface area contributed by atoms with E-state index in [1.807, 2.05) is 0 Å². The molecule has 110 valence electrons. The molecule has 2 saturated heterocycles. The first-order valence-corrected chi connectivity index (χ1v) is 6.87. The zero-order valence-electron chi connectivity index (χ0n) is 13.7. The van der Waals surface area contributed by atoms with Crippen molar-refractivity contribution in [1.29, 1.82) is 0 Å². The van der Waals surface area contributed by atoms with Crippen LogP contribution in [-0.2, 0) is 0 Å². The van der Waals surface area contributed by atoms with Gasteiger partial charge in [-0.15, -0.1) is 0 Å². The van der Waals surface area contributed by atoms with Gasteiger partial charge in [-0.1, -0.05) is 6.92 Å². The van der Waals surface area contributed by atoms with Gasteiger partial charge in [0.2, 0.25) is 0 Å². The molecule has 0 bridgehead atoms. The molecule has 0 aromatic carbocycles. The Labute approximate surface area is 164 Å². The fraction of sp³-hybridized carbons (Fsp3) is 0.800. The second-order valence-electron chi connectivity index (χ2n) is 4.98. The van der Waals surface area contributed by atoms with Crippen LogP contribution in [0.5, 0.6) is 0 Å². The Balaban J connectivity index is 0. The Bertz CT molecular complexity index is 188. The summed E-state index contributed by atoms with van der Waals surface area (Å²) in [5.74, 6) is 0. The number of piperidine rings is 1. The molecule has 0 aromatic heterocycles. The molecule has 0 aliphatic carbocycles. The summed E-state index contributed by atoms with van der Waals surface area (Å²) < 4.78 is 0. The summed E-state index contributed by atoms with van der Waals surface area (Å²) in [6, 6.07) is 0. The van der Waals surface area contributed by atoms with Crippen LogP contribution in [0, 0.1) is 21.3 Å². The molecule has 2 aliphatic heterocycles. The zero-order valence-corrected chi connectivity index (χ0v) is 16.8. The topological polar surface area (TPSA) is 9.72 Å². The number of hydrogen-bond donors (Lipinski definition) is 0. The number of likely N-dealkylation sites (tertiary alicyclic amines) is 1. The third-order valence-corrected chi connectivity index (χ3v) is 3.94. The van der Waals surface area contributed by atoms with Crippen LogP contribution in [0.1, 0.15) is 19.8 Å². The second-order valence-corrected chi connectivity index (χ2v) is 4.98. The Morgan fingerprint density at radius 2 is 1.16 bits per heavy atom. The molecule has 3 nitrogen and oxygen atoms in total. The summed E-state index contributed by atoms with van der Waals surface area (Å²) in [6.07, 6.45) is 5.02. The minimum atomic E-state index is 0. The van der Waals surface area contributed by atoms with Crippen molar-refractivity contribution in [3.63, 3.8) is 0 Å². The normalized spacial score (nSPS) is 21.9. The summed E-state index contributed by atoms with van der Waals surface area (Å²) in [5, 5.41) is 0. The van der Waals surface area contributed by atoms with Crippen LogP contribution in [0.15, 0.2) is 0 Å². The molecule has 0 amide bonds. The van der Waals surface area contributed by atoms with Gasteiger partial charge in [-0.3, -0.25) is 4.90 Å². The molecule has 0 saturated carbocycles. The first-order valence-electron chi connectivity index (χ1n) is 6.87. The minimum Gasteiger partial charge on any atom is -0.358 e. The van der Waals surface area contributed by atoms with Crippen LogP contribution in [0.25, 0.3) is 0 Å². The number of rotatable bonds is 4. The van der Waals surface area contributed by atoms with Crippen LogP contribution in [0.2, 0.25) is 0 Å². The van der Waals surface area contributed by atoms with Gasteiger partial charge in [-0.25, -0.2) is 0 Å². The Kier molecular flexibility index (Phi) is 15.8. The Morgan fingerprint density at radius 3 is 1.63 bits per heavy atom. The van der Waals surface area contributed by atoms with E-state index in [4.69, 9.17) is 0 Å². The quantitative estimate of drug-likeness (QED) is 0.478. The summed E-state index contributed by atoms with van der Waals surface area (Å²) in [4.78, 5) is 7.79. The fourth-order valence-corrected chi connectivity index (χ4v) is 2.64. The van der Waals surface area contributed by atoms with Crippen molar-refractivity contribution in [1.82, 2.24) is 14.7 Å². The Morgan fingerprint density at radius 1 is 0.737 bits per heavy atom. The van der Waals surface area contributed by atoms with Gasteiger partial charge in [0.05, 0.1) is 0 Å². The molecular weight excluding hydrogens is 261 g/mol. The van der Waals surface area contributed by atoms with Gasteiger partial charge >= 0.3 is 51.4 Å². The minimum absolute atomic E-state index is 0. The van der Waals surface area contributed by atoms with Crippen LogP contribution >= 0.6 is 0 Å². The van der Waals surface area contributed by atoms with Crippen LogP contribution in [0.3, 0.4) is 0 Å². The summed E-state index contributed by atoms with van der Waals surface area (Å²) in [6.45, 7) is 13.7. The predicted octanol–water partition coefficient (Wildman–Crippen LogP) is -1.17. The molecule has 2 heterocycles. The first-order chi connectivity index (χ1) is 7.88. The van der Waals surface area contributed by atoms with Crippen LogP contribution in [-0.4, -0.2) is 73.6 Å². The SMILES string of the molecule is CCN1CCN(CCN2CC[CH-]CC2)CC1.[CH3-].[CH3-].[K+]. The van der Waals surface area contributed by atoms with Gasteiger partial charge in [0, 0.05) is 39.3 Å². The van der Waals surface area contributed by atoms with Gasteiger partial charge in [0.15, 0.2) is 0 Å². The summed E-state index contributed by atoms with van der Waals surface area (Å²) in [7, 11) is 0. The molecule has 2 rings (SSSR count). The summed E-state index contributed by atoms with van der Waals surface area (Å²) in [5.41, 5.74) is 0. The van der Waals surface area contributed by atoms with E-state index in [1.165, 1.54) is 71.7 Å². The molecule has 0 spiro atoms. The van der Waals surface area contributed by atoms with Crippen LogP contribution in [0.4, 0.5) is 0 Å².